The van der Waals surface area contributed by atoms with Crippen molar-refractivity contribution in [1.82, 2.24) is 20.4 Å². The number of rotatable bonds is 3. The van der Waals surface area contributed by atoms with Crippen molar-refractivity contribution in [2.45, 2.75) is 13.5 Å². The first-order valence-electron chi connectivity index (χ1n) is 4.43. The van der Waals surface area contributed by atoms with Gasteiger partial charge in [0.25, 0.3) is 5.91 Å². The predicted octanol–water partition coefficient (Wildman–Crippen LogP) is 0.347. The fraction of sp³-hybridized carbons (Fsp3) is 0.250. The van der Waals surface area contributed by atoms with Crippen LogP contribution < -0.4 is 11.1 Å². The predicted molar refractivity (Wildman–Crippen MR) is 56.7 cm³/mol. The second kappa shape index (κ2) is 4.27. The van der Waals surface area contributed by atoms with E-state index in [9.17, 15) is 4.79 Å². The number of nitrogens with two attached hydrogens (primary N) is 1. The number of carbonyl (C=O) groups excluding carboxylic acids is 1. The number of hydrogen-bond acceptors (Lipinski definition) is 7. The second-order valence-corrected chi connectivity index (χ2v) is 4.03. The number of carbonyl (C=O) groups is 1. The maximum Gasteiger partial charge on any atom is 0.263 e. The molecular formula is C8H9N5O2S. The summed E-state index contributed by atoms with van der Waals surface area (Å²) in [7, 11) is 0. The van der Waals surface area contributed by atoms with Crippen LogP contribution in [0.1, 0.15) is 21.2 Å². The third-order valence-corrected chi connectivity index (χ3v) is 2.82. The van der Waals surface area contributed by atoms with Gasteiger partial charge in [0.15, 0.2) is 11.0 Å². The Morgan fingerprint density at radius 1 is 1.69 bits per heavy atom. The Bertz CT molecular complexity index is 493. The molecule has 0 atom stereocenters. The van der Waals surface area contributed by atoms with Gasteiger partial charge in [0.2, 0.25) is 6.39 Å². The zero-order valence-corrected chi connectivity index (χ0v) is 9.24. The maximum atomic E-state index is 11.7. The third kappa shape index (κ3) is 2.16. The Morgan fingerprint density at radius 2 is 2.50 bits per heavy atom. The molecule has 0 aromatic carbocycles. The molecule has 16 heavy (non-hydrogen) atoms. The van der Waals surface area contributed by atoms with Gasteiger partial charge in [-0.2, -0.15) is 4.98 Å². The van der Waals surface area contributed by atoms with Gasteiger partial charge in [-0.1, -0.05) is 16.5 Å². The molecule has 7 nitrogen and oxygen atoms in total. The summed E-state index contributed by atoms with van der Waals surface area (Å²) in [6.45, 7) is 1.95. The Hall–Kier alpha value is -1.96. The molecular weight excluding hydrogens is 230 g/mol. The second-order valence-electron chi connectivity index (χ2n) is 3.00. The molecule has 0 saturated heterocycles. The van der Waals surface area contributed by atoms with Crippen LogP contribution in [0.3, 0.4) is 0 Å². The van der Waals surface area contributed by atoms with E-state index in [1.54, 1.807) is 6.92 Å². The SMILES string of the molecule is Cc1nc(N)sc1C(=O)NCc1ncon1. The van der Waals surface area contributed by atoms with Gasteiger partial charge in [0, 0.05) is 0 Å². The number of nitrogen functional groups attached to an aromatic ring is 1. The molecule has 0 aliphatic rings. The first-order chi connectivity index (χ1) is 7.66. The van der Waals surface area contributed by atoms with Gasteiger partial charge in [0.05, 0.1) is 12.2 Å². The number of amides is 1. The number of thiazole rings is 1. The van der Waals surface area contributed by atoms with Gasteiger partial charge in [-0.25, -0.2) is 4.98 Å². The lowest BCUT2D eigenvalue weighted by atomic mass is 10.4. The van der Waals surface area contributed by atoms with E-state index >= 15 is 0 Å². The van der Waals surface area contributed by atoms with Crippen LogP contribution in [0.25, 0.3) is 0 Å². The van der Waals surface area contributed by atoms with Crippen molar-refractivity contribution in [3.05, 3.63) is 22.8 Å². The number of aryl methyl sites for hydroxylation is 1. The van der Waals surface area contributed by atoms with Crippen LogP contribution in [0.2, 0.25) is 0 Å². The first-order valence-corrected chi connectivity index (χ1v) is 5.25. The minimum Gasteiger partial charge on any atom is -0.375 e. The summed E-state index contributed by atoms with van der Waals surface area (Å²) in [6.07, 6.45) is 1.21. The lowest BCUT2D eigenvalue weighted by Gasteiger charge is -1.99. The van der Waals surface area contributed by atoms with E-state index in [2.05, 4.69) is 25.0 Å². The molecule has 1 amide bonds. The van der Waals surface area contributed by atoms with Gasteiger partial charge in [0.1, 0.15) is 4.88 Å². The van der Waals surface area contributed by atoms with E-state index in [0.717, 1.165) is 11.3 Å². The highest BCUT2D eigenvalue weighted by atomic mass is 32.1. The average Bonchev–Trinajstić information content (AvgIpc) is 2.84. The maximum absolute atomic E-state index is 11.7. The van der Waals surface area contributed by atoms with Crippen molar-refractivity contribution in [3.63, 3.8) is 0 Å². The molecule has 0 aliphatic carbocycles. The monoisotopic (exact) mass is 239 g/mol. The Morgan fingerprint density at radius 3 is 3.06 bits per heavy atom. The standard InChI is InChI=1S/C8H9N5O2S/c1-4-6(16-8(9)12-4)7(14)10-2-5-11-3-15-13-5/h3H,2H2,1H3,(H2,9,12)(H,10,14). The number of anilines is 1. The average molecular weight is 239 g/mol. The molecule has 3 N–H and O–H groups in total. The zero-order chi connectivity index (χ0) is 11.5. The topological polar surface area (TPSA) is 107 Å². The van der Waals surface area contributed by atoms with E-state index in [-0.39, 0.29) is 12.5 Å². The fourth-order valence-electron chi connectivity index (χ4n) is 1.14. The van der Waals surface area contributed by atoms with Gasteiger partial charge in [-0.3, -0.25) is 4.79 Å². The zero-order valence-electron chi connectivity index (χ0n) is 8.43. The molecule has 2 aromatic heterocycles. The van der Waals surface area contributed by atoms with E-state index in [4.69, 9.17) is 5.73 Å². The summed E-state index contributed by atoms with van der Waals surface area (Å²) in [4.78, 5) is 19.9. The van der Waals surface area contributed by atoms with Gasteiger partial charge in [-0.05, 0) is 6.92 Å². The smallest absolute Gasteiger partial charge is 0.263 e. The molecule has 0 unspecified atom stereocenters. The minimum atomic E-state index is -0.239. The summed E-state index contributed by atoms with van der Waals surface area (Å²) in [6, 6.07) is 0. The molecule has 8 heteroatoms. The summed E-state index contributed by atoms with van der Waals surface area (Å²) in [5.74, 6) is 0.181. The highest BCUT2D eigenvalue weighted by molar-refractivity contribution is 7.17. The van der Waals surface area contributed by atoms with Crippen LogP contribution in [0.5, 0.6) is 0 Å². The van der Waals surface area contributed by atoms with Crippen molar-refractivity contribution in [2.75, 3.05) is 5.73 Å². The molecule has 2 rings (SSSR count). The van der Waals surface area contributed by atoms with Crippen molar-refractivity contribution < 1.29 is 9.32 Å². The molecule has 2 heterocycles. The highest BCUT2D eigenvalue weighted by Gasteiger charge is 2.14. The highest BCUT2D eigenvalue weighted by Crippen LogP contribution is 2.19. The van der Waals surface area contributed by atoms with Crippen LogP contribution in [-0.2, 0) is 6.54 Å². The molecule has 0 radical (unpaired) electrons. The van der Waals surface area contributed by atoms with Crippen molar-refractivity contribution in [3.8, 4) is 0 Å². The van der Waals surface area contributed by atoms with E-state index < -0.39 is 0 Å². The lowest BCUT2D eigenvalue weighted by molar-refractivity contribution is 0.0953. The largest absolute Gasteiger partial charge is 0.375 e. The molecule has 0 fully saturated rings. The number of hydrogen-bond donors (Lipinski definition) is 2. The van der Waals surface area contributed by atoms with E-state index in [0.29, 0.717) is 21.5 Å². The quantitative estimate of drug-likeness (QED) is 0.800. The minimum absolute atomic E-state index is 0.215. The molecule has 0 aliphatic heterocycles. The summed E-state index contributed by atoms with van der Waals surface area (Å²) >= 11 is 1.15. The molecule has 0 bridgehead atoms. The number of aromatic nitrogens is 3. The summed E-state index contributed by atoms with van der Waals surface area (Å²) in [5.41, 5.74) is 6.11. The summed E-state index contributed by atoms with van der Waals surface area (Å²) in [5, 5.41) is 6.60. The number of nitrogens with zero attached hydrogens (tertiary/aromatic N) is 3. The Balaban J connectivity index is 2.01. The van der Waals surface area contributed by atoms with Crippen molar-refractivity contribution in [2.24, 2.45) is 0 Å². The molecule has 0 spiro atoms. The van der Waals surface area contributed by atoms with Gasteiger partial charge < -0.3 is 15.6 Å². The molecule has 0 saturated carbocycles. The number of nitrogens with one attached hydrogen (secondary N) is 1. The fourth-order valence-corrected chi connectivity index (χ4v) is 1.89. The van der Waals surface area contributed by atoms with Crippen LogP contribution in [0, 0.1) is 6.92 Å². The molecule has 2 aromatic rings. The van der Waals surface area contributed by atoms with Crippen molar-refractivity contribution in [1.29, 1.82) is 0 Å². The van der Waals surface area contributed by atoms with E-state index in [1.165, 1.54) is 6.39 Å². The van der Waals surface area contributed by atoms with Crippen LogP contribution in [0.4, 0.5) is 5.13 Å². The van der Waals surface area contributed by atoms with Gasteiger partial charge >= 0.3 is 0 Å². The van der Waals surface area contributed by atoms with E-state index in [1.807, 2.05) is 0 Å². The van der Waals surface area contributed by atoms with Crippen LogP contribution in [0.15, 0.2) is 10.9 Å². The first kappa shape index (κ1) is 10.6. The van der Waals surface area contributed by atoms with Crippen LogP contribution >= 0.6 is 11.3 Å². The van der Waals surface area contributed by atoms with Crippen LogP contribution in [-0.4, -0.2) is 21.0 Å². The third-order valence-electron chi connectivity index (χ3n) is 1.83. The summed E-state index contributed by atoms with van der Waals surface area (Å²) < 4.78 is 4.54. The normalized spacial score (nSPS) is 10.3. The Kier molecular flexibility index (Phi) is 2.82. The van der Waals surface area contributed by atoms with Gasteiger partial charge in [-0.15, -0.1) is 0 Å². The molecule has 84 valence electrons. The Labute approximate surface area is 94.7 Å². The van der Waals surface area contributed by atoms with Crippen molar-refractivity contribution >= 4 is 22.4 Å². The lowest BCUT2D eigenvalue weighted by Crippen LogP contribution is -2.23.